The molecule has 10 heavy (non-hydrogen) atoms. The van der Waals surface area contributed by atoms with Gasteiger partial charge in [-0.3, -0.25) is 15.3 Å². The van der Waals surface area contributed by atoms with E-state index in [1.807, 2.05) is 0 Å². The van der Waals surface area contributed by atoms with E-state index in [0.717, 1.165) is 13.2 Å². The SMILES string of the molecule is CCCCNP1(=S)NCN1. The first-order valence-corrected chi connectivity index (χ1v) is 6.42. The molecule has 1 aliphatic rings. The van der Waals surface area contributed by atoms with Crippen LogP contribution in [-0.2, 0) is 11.8 Å². The lowest BCUT2D eigenvalue weighted by molar-refractivity contribution is 0.710. The van der Waals surface area contributed by atoms with Crippen molar-refractivity contribution < 1.29 is 0 Å². The van der Waals surface area contributed by atoms with Crippen molar-refractivity contribution >= 4 is 18.3 Å². The Morgan fingerprint density at radius 2 is 2.30 bits per heavy atom. The molecule has 0 amide bonds. The van der Waals surface area contributed by atoms with Crippen molar-refractivity contribution in [3.63, 3.8) is 0 Å². The lowest BCUT2D eigenvalue weighted by Crippen LogP contribution is -2.46. The first kappa shape index (κ1) is 8.62. The minimum absolute atomic E-state index is 0.871. The molecule has 5 heteroatoms. The highest BCUT2D eigenvalue weighted by Gasteiger charge is 2.21. The van der Waals surface area contributed by atoms with Crippen molar-refractivity contribution in [2.45, 2.75) is 19.8 Å². The van der Waals surface area contributed by atoms with Crippen LogP contribution in [0.2, 0.25) is 0 Å². The monoisotopic (exact) mass is 179 g/mol. The summed E-state index contributed by atoms with van der Waals surface area (Å²) in [5.74, 6) is 0. The van der Waals surface area contributed by atoms with Gasteiger partial charge in [0.05, 0.1) is 6.67 Å². The molecule has 1 aliphatic heterocycles. The van der Waals surface area contributed by atoms with Gasteiger partial charge in [0.25, 0.3) is 0 Å². The number of hydrogen-bond donors (Lipinski definition) is 3. The first-order valence-electron chi connectivity index (χ1n) is 3.62. The second kappa shape index (κ2) is 3.79. The van der Waals surface area contributed by atoms with Crippen LogP contribution in [0.3, 0.4) is 0 Å². The van der Waals surface area contributed by atoms with E-state index in [1.165, 1.54) is 12.8 Å². The van der Waals surface area contributed by atoms with Gasteiger partial charge in [-0.05, 0) is 18.2 Å². The fourth-order valence-corrected chi connectivity index (χ4v) is 2.55. The highest BCUT2D eigenvalue weighted by atomic mass is 32.4. The normalized spacial score (nSPS) is 22.1. The second-order valence-corrected chi connectivity index (χ2v) is 6.17. The Kier molecular flexibility index (Phi) is 3.27. The molecule has 0 aromatic heterocycles. The van der Waals surface area contributed by atoms with E-state index in [1.54, 1.807) is 0 Å². The number of unbranched alkanes of at least 4 members (excludes halogenated alkanes) is 1. The van der Waals surface area contributed by atoms with Crippen LogP contribution in [-0.4, -0.2) is 13.2 Å². The van der Waals surface area contributed by atoms with Gasteiger partial charge in [-0.15, -0.1) is 0 Å². The van der Waals surface area contributed by atoms with Crippen molar-refractivity contribution in [2.75, 3.05) is 13.2 Å². The summed E-state index contributed by atoms with van der Waals surface area (Å²) < 4.78 is 0. The van der Waals surface area contributed by atoms with Crippen LogP contribution in [0.15, 0.2) is 0 Å². The Morgan fingerprint density at radius 1 is 1.60 bits per heavy atom. The van der Waals surface area contributed by atoms with Crippen LogP contribution < -0.4 is 15.3 Å². The Morgan fingerprint density at radius 3 is 2.70 bits per heavy atom. The van der Waals surface area contributed by atoms with Gasteiger partial charge in [0.2, 0.25) is 0 Å². The zero-order valence-electron chi connectivity index (χ0n) is 6.18. The van der Waals surface area contributed by atoms with E-state index in [-0.39, 0.29) is 0 Å². The highest BCUT2D eigenvalue weighted by Crippen LogP contribution is 2.35. The zero-order valence-corrected chi connectivity index (χ0v) is 7.89. The minimum Gasteiger partial charge on any atom is -0.266 e. The van der Waals surface area contributed by atoms with Crippen molar-refractivity contribution in [2.24, 2.45) is 0 Å². The Bertz CT molecular complexity index is 142. The van der Waals surface area contributed by atoms with Gasteiger partial charge in [-0.25, -0.2) is 0 Å². The summed E-state index contributed by atoms with van der Waals surface area (Å²) in [6.07, 6.45) is 2.43. The molecule has 0 saturated carbocycles. The van der Waals surface area contributed by atoms with Gasteiger partial charge in [0.1, 0.15) is 6.49 Å². The fraction of sp³-hybridized carbons (Fsp3) is 1.00. The van der Waals surface area contributed by atoms with Crippen LogP contribution in [0, 0.1) is 0 Å². The van der Waals surface area contributed by atoms with Gasteiger partial charge in [0, 0.05) is 6.54 Å². The van der Waals surface area contributed by atoms with E-state index in [9.17, 15) is 0 Å². The molecule has 0 unspecified atom stereocenters. The van der Waals surface area contributed by atoms with E-state index in [2.05, 4.69) is 22.2 Å². The van der Waals surface area contributed by atoms with Crippen LogP contribution in [0.1, 0.15) is 19.8 Å². The van der Waals surface area contributed by atoms with Crippen molar-refractivity contribution in [3.8, 4) is 0 Å². The van der Waals surface area contributed by atoms with Gasteiger partial charge in [0.15, 0.2) is 0 Å². The fourth-order valence-electron chi connectivity index (χ4n) is 0.748. The maximum atomic E-state index is 5.22. The van der Waals surface area contributed by atoms with E-state index in [0.29, 0.717) is 0 Å². The lowest BCUT2D eigenvalue weighted by atomic mass is 10.3. The highest BCUT2D eigenvalue weighted by molar-refractivity contribution is 8.12. The predicted molar refractivity (Wildman–Crippen MR) is 48.3 cm³/mol. The van der Waals surface area contributed by atoms with Gasteiger partial charge in [-0.1, -0.05) is 13.3 Å². The third-order valence-electron chi connectivity index (χ3n) is 1.47. The molecule has 0 aromatic carbocycles. The minimum atomic E-state index is -1.44. The third-order valence-corrected chi connectivity index (χ3v) is 4.51. The molecule has 1 fully saturated rings. The second-order valence-electron chi connectivity index (χ2n) is 2.36. The molecule has 0 aromatic rings. The molecule has 0 atom stereocenters. The average molecular weight is 179 g/mol. The van der Waals surface area contributed by atoms with Crippen molar-refractivity contribution in [3.05, 3.63) is 0 Å². The first-order chi connectivity index (χ1) is 4.77. The van der Waals surface area contributed by atoms with Crippen LogP contribution in [0.5, 0.6) is 0 Å². The standard InChI is InChI=1S/C5H14N3PS/c1-2-3-4-6-9(10)7-5-8-9/h2-5H2,1H3,(H3,6,7,8,10). The van der Waals surface area contributed by atoms with Crippen LogP contribution in [0.25, 0.3) is 0 Å². The molecule has 0 radical (unpaired) electrons. The smallest absolute Gasteiger partial charge is 0.139 e. The molecule has 1 heterocycles. The summed E-state index contributed by atoms with van der Waals surface area (Å²) in [5.41, 5.74) is 0. The van der Waals surface area contributed by atoms with Crippen LogP contribution >= 0.6 is 6.49 Å². The van der Waals surface area contributed by atoms with Crippen molar-refractivity contribution in [1.29, 1.82) is 0 Å². The maximum absolute atomic E-state index is 5.22. The molecule has 1 saturated heterocycles. The number of nitrogens with one attached hydrogen (secondary N) is 3. The Hall–Kier alpha value is 0.530. The van der Waals surface area contributed by atoms with Gasteiger partial charge < -0.3 is 0 Å². The molecule has 1 rings (SSSR count). The van der Waals surface area contributed by atoms with E-state index < -0.39 is 6.49 Å². The molecule has 3 nitrogen and oxygen atoms in total. The van der Waals surface area contributed by atoms with E-state index >= 15 is 0 Å². The average Bonchev–Trinajstić information content (AvgIpc) is 1.85. The van der Waals surface area contributed by atoms with Gasteiger partial charge in [-0.2, -0.15) is 0 Å². The van der Waals surface area contributed by atoms with Crippen molar-refractivity contribution in [1.82, 2.24) is 15.3 Å². The largest absolute Gasteiger partial charge is 0.266 e. The Labute approximate surface area is 67.1 Å². The van der Waals surface area contributed by atoms with E-state index in [4.69, 9.17) is 11.8 Å². The maximum Gasteiger partial charge on any atom is 0.139 e. The summed E-state index contributed by atoms with van der Waals surface area (Å²) in [6, 6.07) is 0. The lowest BCUT2D eigenvalue weighted by Gasteiger charge is -2.34. The molecular formula is C5H14N3PS. The third kappa shape index (κ3) is 2.29. The molecule has 0 bridgehead atoms. The molecule has 0 aliphatic carbocycles. The summed E-state index contributed by atoms with van der Waals surface area (Å²) in [7, 11) is 0. The summed E-state index contributed by atoms with van der Waals surface area (Å²) in [4.78, 5) is 0. The van der Waals surface area contributed by atoms with Crippen LogP contribution in [0.4, 0.5) is 0 Å². The predicted octanol–water partition coefficient (Wildman–Crippen LogP) is 0.751. The number of hydrogen-bond acceptors (Lipinski definition) is 1. The van der Waals surface area contributed by atoms with Gasteiger partial charge >= 0.3 is 0 Å². The Balaban J connectivity index is 2.07. The molecule has 0 spiro atoms. The summed E-state index contributed by atoms with van der Waals surface area (Å²) in [6.45, 7) is 2.65. The zero-order chi connectivity index (χ0) is 7.45. The molecule has 3 N–H and O–H groups in total. The summed E-state index contributed by atoms with van der Waals surface area (Å²) in [5, 5.41) is 9.67. The molecule has 60 valence electrons. The molecular weight excluding hydrogens is 165 g/mol. The quantitative estimate of drug-likeness (QED) is 0.439. The number of rotatable bonds is 4. The topological polar surface area (TPSA) is 36.1 Å². The summed E-state index contributed by atoms with van der Waals surface area (Å²) >= 11 is 5.22.